The van der Waals surface area contributed by atoms with Crippen LogP contribution < -0.4 is 5.73 Å². The van der Waals surface area contributed by atoms with E-state index in [0.717, 1.165) is 11.5 Å². The van der Waals surface area contributed by atoms with Gasteiger partial charge >= 0.3 is 0 Å². The summed E-state index contributed by atoms with van der Waals surface area (Å²) in [5.41, 5.74) is 5.67. The molecule has 1 rings (SSSR count). The zero-order valence-electron chi connectivity index (χ0n) is 8.99. The number of oxime groups is 1. The minimum atomic E-state index is -0.230. The zero-order chi connectivity index (χ0) is 12.1. The molecule has 0 saturated carbocycles. The van der Waals surface area contributed by atoms with Crippen molar-refractivity contribution in [1.29, 1.82) is 0 Å². The van der Waals surface area contributed by atoms with Crippen molar-refractivity contribution in [3.63, 3.8) is 0 Å². The van der Waals surface area contributed by atoms with Crippen LogP contribution in [0.4, 0.5) is 0 Å². The highest BCUT2D eigenvalue weighted by atomic mass is 32.1. The van der Waals surface area contributed by atoms with Crippen LogP contribution in [0.15, 0.2) is 10.5 Å². The van der Waals surface area contributed by atoms with Gasteiger partial charge in [0, 0.05) is 24.9 Å². The molecule has 0 aliphatic heterocycles. The summed E-state index contributed by atoms with van der Waals surface area (Å²) < 4.78 is 3.62. The molecule has 0 fully saturated rings. The third-order valence-electron chi connectivity index (χ3n) is 2.19. The molecular weight excluding hydrogens is 230 g/mol. The lowest BCUT2D eigenvalue weighted by atomic mass is 10.2. The Morgan fingerprint density at radius 2 is 2.50 bits per heavy atom. The molecule has 0 spiro atoms. The normalized spacial score (nSPS) is 13.5. The van der Waals surface area contributed by atoms with E-state index in [1.807, 2.05) is 0 Å². The van der Waals surface area contributed by atoms with E-state index in [1.54, 1.807) is 19.4 Å². The van der Waals surface area contributed by atoms with Crippen LogP contribution in [0, 0.1) is 0 Å². The van der Waals surface area contributed by atoms with Gasteiger partial charge in [0.25, 0.3) is 5.91 Å². The Hall–Kier alpha value is -1.70. The summed E-state index contributed by atoms with van der Waals surface area (Å²) >= 11 is 1.12. The van der Waals surface area contributed by atoms with Gasteiger partial charge in [-0.25, -0.2) is 0 Å². The second kappa shape index (κ2) is 5.40. The van der Waals surface area contributed by atoms with Gasteiger partial charge in [-0.2, -0.15) is 0 Å². The molecular formula is C8H13N5O2S. The average Bonchev–Trinajstić information content (AvgIpc) is 2.80. The molecule has 0 aliphatic rings. The van der Waals surface area contributed by atoms with Gasteiger partial charge in [-0.05, 0) is 18.5 Å². The van der Waals surface area contributed by atoms with Gasteiger partial charge in [-0.15, -0.1) is 5.10 Å². The highest BCUT2D eigenvalue weighted by Crippen LogP contribution is 2.07. The van der Waals surface area contributed by atoms with Crippen molar-refractivity contribution >= 4 is 23.3 Å². The predicted octanol–water partition coefficient (Wildman–Crippen LogP) is 0.135. The molecule has 0 saturated heterocycles. The van der Waals surface area contributed by atoms with E-state index in [2.05, 4.69) is 14.7 Å². The van der Waals surface area contributed by atoms with Gasteiger partial charge in [0.15, 0.2) is 5.69 Å². The summed E-state index contributed by atoms with van der Waals surface area (Å²) in [4.78, 5) is 13.3. The van der Waals surface area contributed by atoms with Crippen LogP contribution in [-0.4, -0.2) is 44.5 Å². The summed E-state index contributed by atoms with van der Waals surface area (Å²) in [6.45, 7) is 1.80. The summed E-state index contributed by atoms with van der Waals surface area (Å²) in [6, 6.07) is -0.176. The number of rotatable bonds is 4. The van der Waals surface area contributed by atoms with Gasteiger partial charge in [0.05, 0.1) is 0 Å². The number of amides is 1. The van der Waals surface area contributed by atoms with Gasteiger partial charge in [-0.3, -0.25) is 4.79 Å². The molecule has 0 aliphatic carbocycles. The minimum Gasteiger partial charge on any atom is -0.409 e. The number of carbonyl (C=O) groups excluding carboxylic acids is 1. The molecule has 1 amide bonds. The van der Waals surface area contributed by atoms with Crippen LogP contribution in [-0.2, 0) is 0 Å². The summed E-state index contributed by atoms with van der Waals surface area (Å²) in [5, 5.41) is 16.6. The van der Waals surface area contributed by atoms with Crippen LogP contribution >= 0.6 is 11.5 Å². The second-order valence-electron chi connectivity index (χ2n) is 3.35. The molecule has 7 nitrogen and oxygen atoms in total. The van der Waals surface area contributed by atoms with Crippen molar-refractivity contribution in [2.45, 2.75) is 19.4 Å². The summed E-state index contributed by atoms with van der Waals surface area (Å²) in [6.07, 6.45) is 0.302. The van der Waals surface area contributed by atoms with Gasteiger partial charge < -0.3 is 15.8 Å². The van der Waals surface area contributed by atoms with Gasteiger partial charge in [-0.1, -0.05) is 9.64 Å². The molecule has 1 unspecified atom stereocenters. The van der Waals surface area contributed by atoms with E-state index < -0.39 is 0 Å². The monoisotopic (exact) mass is 243 g/mol. The highest BCUT2D eigenvalue weighted by molar-refractivity contribution is 7.03. The van der Waals surface area contributed by atoms with Crippen LogP contribution in [0.1, 0.15) is 23.8 Å². The molecule has 8 heteroatoms. The predicted molar refractivity (Wildman–Crippen MR) is 59.5 cm³/mol. The van der Waals surface area contributed by atoms with Gasteiger partial charge in [0.2, 0.25) is 0 Å². The quantitative estimate of drug-likeness (QED) is 0.338. The van der Waals surface area contributed by atoms with E-state index in [9.17, 15) is 4.79 Å². The molecule has 1 atom stereocenters. The maximum Gasteiger partial charge on any atom is 0.275 e. The minimum absolute atomic E-state index is 0.0866. The van der Waals surface area contributed by atoms with E-state index in [-0.39, 0.29) is 17.8 Å². The van der Waals surface area contributed by atoms with Crippen LogP contribution in [0.3, 0.4) is 0 Å². The van der Waals surface area contributed by atoms with Crippen molar-refractivity contribution in [2.75, 3.05) is 7.05 Å². The SMILES string of the molecule is CC(CC(N)=NO)N(C)C(=O)c1csnn1. The van der Waals surface area contributed by atoms with E-state index in [1.165, 1.54) is 4.90 Å². The lowest BCUT2D eigenvalue weighted by Gasteiger charge is -2.23. The molecule has 1 heterocycles. The number of carbonyl (C=O) groups is 1. The van der Waals surface area contributed by atoms with Crippen molar-refractivity contribution in [1.82, 2.24) is 14.5 Å². The summed E-state index contributed by atoms with van der Waals surface area (Å²) in [7, 11) is 1.64. The number of nitrogens with zero attached hydrogens (tertiary/aromatic N) is 4. The van der Waals surface area contributed by atoms with E-state index in [4.69, 9.17) is 10.9 Å². The Morgan fingerprint density at radius 1 is 1.81 bits per heavy atom. The average molecular weight is 243 g/mol. The number of hydrogen-bond donors (Lipinski definition) is 2. The molecule has 0 radical (unpaired) electrons. The Kier molecular flexibility index (Phi) is 4.18. The highest BCUT2D eigenvalue weighted by Gasteiger charge is 2.20. The molecule has 0 aromatic carbocycles. The first kappa shape index (κ1) is 12.4. The molecule has 3 N–H and O–H groups in total. The number of aromatic nitrogens is 2. The first-order valence-corrected chi connectivity index (χ1v) is 5.40. The van der Waals surface area contributed by atoms with Crippen LogP contribution in [0.25, 0.3) is 0 Å². The fourth-order valence-electron chi connectivity index (χ4n) is 1.12. The molecule has 1 aromatic heterocycles. The number of amidine groups is 1. The van der Waals surface area contributed by atoms with Crippen molar-refractivity contribution < 1.29 is 10.0 Å². The smallest absolute Gasteiger partial charge is 0.275 e. The molecule has 1 aromatic rings. The Labute approximate surface area is 96.7 Å². The van der Waals surface area contributed by atoms with Crippen molar-refractivity contribution in [3.05, 3.63) is 11.1 Å². The lowest BCUT2D eigenvalue weighted by Crippen LogP contribution is -2.38. The lowest BCUT2D eigenvalue weighted by molar-refractivity contribution is 0.0741. The zero-order valence-corrected chi connectivity index (χ0v) is 9.81. The first-order chi connectivity index (χ1) is 7.56. The molecule has 16 heavy (non-hydrogen) atoms. The second-order valence-corrected chi connectivity index (χ2v) is 3.96. The fraction of sp³-hybridized carbons (Fsp3) is 0.500. The first-order valence-electron chi connectivity index (χ1n) is 4.57. The topological polar surface area (TPSA) is 105 Å². The van der Waals surface area contributed by atoms with E-state index >= 15 is 0 Å². The Morgan fingerprint density at radius 3 is 3.00 bits per heavy atom. The van der Waals surface area contributed by atoms with Crippen molar-refractivity contribution in [3.8, 4) is 0 Å². The van der Waals surface area contributed by atoms with Crippen LogP contribution in [0.2, 0.25) is 0 Å². The Balaban J connectivity index is 2.64. The molecule has 88 valence electrons. The maximum atomic E-state index is 11.8. The van der Waals surface area contributed by atoms with Crippen molar-refractivity contribution in [2.24, 2.45) is 10.9 Å². The third kappa shape index (κ3) is 2.89. The standard InChI is InChI=1S/C8H13N5O2S/c1-5(3-7(9)11-15)13(2)8(14)6-4-16-12-10-6/h4-5,15H,3H2,1-2H3,(H2,9,11). The maximum absolute atomic E-state index is 11.8. The Bertz CT molecular complexity index is 378. The van der Waals surface area contributed by atoms with Crippen LogP contribution in [0.5, 0.6) is 0 Å². The number of hydrogen-bond acceptors (Lipinski definition) is 6. The summed E-state index contributed by atoms with van der Waals surface area (Å²) in [5.74, 6) is -0.143. The largest absolute Gasteiger partial charge is 0.409 e. The molecule has 0 bridgehead atoms. The number of nitrogens with two attached hydrogens (primary N) is 1. The van der Waals surface area contributed by atoms with E-state index in [0.29, 0.717) is 12.1 Å². The fourth-order valence-corrected chi connectivity index (χ4v) is 1.55. The van der Waals surface area contributed by atoms with Gasteiger partial charge in [0.1, 0.15) is 5.84 Å². The third-order valence-corrected chi connectivity index (χ3v) is 2.70.